The van der Waals surface area contributed by atoms with Crippen LogP contribution in [0.5, 0.6) is 11.5 Å². The number of terminal acetylenes is 2. The van der Waals surface area contributed by atoms with Crippen molar-refractivity contribution < 1.29 is 29.3 Å². The molecular weight excluding hydrogens is 624 g/mol. The van der Waals surface area contributed by atoms with Gasteiger partial charge in [0.2, 0.25) is 0 Å². The molecule has 0 amide bonds. The number of hydrogen-bond donors (Lipinski definition) is 2. The Kier molecular flexibility index (Phi) is 8.05. The molecule has 0 saturated heterocycles. The first-order valence-electron chi connectivity index (χ1n) is 19.0. The van der Waals surface area contributed by atoms with Crippen molar-refractivity contribution in [3.05, 3.63) is 58.7 Å². The van der Waals surface area contributed by atoms with Gasteiger partial charge in [-0.15, -0.1) is 12.8 Å². The van der Waals surface area contributed by atoms with Gasteiger partial charge >= 0.3 is 11.9 Å². The summed E-state index contributed by atoms with van der Waals surface area (Å²) in [5.41, 5.74) is 2.64. The van der Waals surface area contributed by atoms with E-state index in [0.717, 1.165) is 64.2 Å². The summed E-state index contributed by atoms with van der Waals surface area (Å²) in [6.07, 6.45) is 22.6. The number of hydrogen-bond acceptors (Lipinski definition) is 6. The van der Waals surface area contributed by atoms with E-state index in [1.807, 2.05) is 24.3 Å². The van der Waals surface area contributed by atoms with Gasteiger partial charge in [0, 0.05) is 10.8 Å². The Morgan fingerprint density at radius 1 is 0.680 bits per heavy atom. The Balaban J connectivity index is 0.850. The van der Waals surface area contributed by atoms with E-state index in [2.05, 4.69) is 37.8 Å². The third kappa shape index (κ3) is 5.00. The van der Waals surface area contributed by atoms with Crippen LogP contribution in [0.15, 0.2) is 36.4 Å². The van der Waals surface area contributed by atoms with E-state index in [1.54, 1.807) is 0 Å². The second-order valence-electron chi connectivity index (χ2n) is 17.0. The number of ether oxygens (including phenoxy) is 2. The van der Waals surface area contributed by atoms with Crippen LogP contribution >= 0.6 is 0 Å². The number of aliphatic hydroxyl groups is 2. The first-order chi connectivity index (χ1) is 23.9. The van der Waals surface area contributed by atoms with Crippen LogP contribution in [0.2, 0.25) is 0 Å². The second kappa shape index (κ2) is 12.0. The van der Waals surface area contributed by atoms with Gasteiger partial charge in [-0.05, 0) is 159 Å². The molecule has 0 aromatic heterocycles. The number of aryl methyl sites for hydroxylation is 2. The predicted octanol–water partition coefficient (Wildman–Crippen LogP) is 7.42. The van der Waals surface area contributed by atoms with Crippen LogP contribution in [0, 0.1) is 59.2 Å². The van der Waals surface area contributed by atoms with Gasteiger partial charge in [-0.25, -0.2) is 0 Å². The maximum atomic E-state index is 12.8. The molecule has 6 nitrogen and oxygen atoms in total. The number of carbonyl (C=O) groups is 2. The molecule has 10 atom stereocenters. The molecule has 262 valence electrons. The van der Waals surface area contributed by atoms with E-state index in [1.165, 1.54) is 22.3 Å². The lowest BCUT2D eigenvalue weighted by Gasteiger charge is -2.52. The van der Waals surface area contributed by atoms with Crippen LogP contribution in [0.1, 0.15) is 125 Å². The summed E-state index contributed by atoms with van der Waals surface area (Å²) in [6.45, 7) is 4.39. The van der Waals surface area contributed by atoms with Crippen LogP contribution in [0.4, 0.5) is 0 Å². The minimum absolute atomic E-state index is 0.0577. The van der Waals surface area contributed by atoms with E-state index >= 15 is 0 Å². The third-order valence-electron chi connectivity index (χ3n) is 15.2. The molecule has 0 bridgehead atoms. The molecule has 10 unspecified atom stereocenters. The molecule has 0 aliphatic heterocycles. The predicted molar refractivity (Wildman–Crippen MR) is 190 cm³/mol. The van der Waals surface area contributed by atoms with Gasteiger partial charge in [-0.3, -0.25) is 9.59 Å². The summed E-state index contributed by atoms with van der Waals surface area (Å²) < 4.78 is 11.4. The van der Waals surface area contributed by atoms with Gasteiger partial charge in [0.25, 0.3) is 0 Å². The van der Waals surface area contributed by atoms with Crippen LogP contribution in [0.25, 0.3) is 0 Å². The molecule has 4 saturated carbocycles. The molecule has 2 aromatic carbocycles. The zero-order valence-electron chi connectivity index (χ0n) is 29.5. The van der Waals surface area contributed by atoms with Gasteiger partial charge in [-0.1, -0.05) is 37.8 Å². The molecule has 6 aliphatic carbocycles. The van der Waals surface area contributed by atoms with Crippen LogP contribution in [0.3, 0.4) is 0 Å². The van der Waals surface area contributed by atoms with Crippen molar-refractivity contribution in [1.82, 2.24) is 0 Å². The van der Waals surface area contributed by atoms with E-state index in [-0.39, 0.29) is 23.7 Å². The van der Waals surface area contributed by atoms with E-state index in [4.69, 9.17) is 22.3 Å². The number of carbonyl (C=O) groups excluding carboxylic acids is 2. The molecule has 0 heterocycles. The Morgan fingerprint density at radius 2 is 1.10 bits per heavy atom. The maximum Gasteiger partial charge on any atom is 0.311 e. The monoisotopic (exact) mass is 674 g/mol. The van der Waals surface area contributed by atoms with Crippen molar-refractivity contribution in [2.24, 2.45) is 34.5 Å². The first-order valence-corrected chi connectivity index (χ1v) is 19.0. The Morgan fingerprint density at radius 3 is 1.50 bits per heavy atom. The summed E-state index contributed by atoms with van der Waals surface area (Å²) in [5, 5.41) is 22.4. The van der Waals surface area contributed by atoms with Crippen molar-refractivity contribution in [3.8, 4) is 36.2 Å². The molecule has 0 radical (unpaired) electrons. The first kappa shape index (κ1) is 33.6. The van der Waals surface area contributed by atoms with Gasteiger partial charge in [-0.2, -0.15) is 0 Å². The summed E-state index contributed by atoms with van der Waals surface area (Å²) in [7, 11) is 0. The van der Waals surface area contributed by atoms with E-state index in [0.29, 0.717) is 59.8 Å². The summed E-state index contributed by atoms with van der Waals surface area (Å²) in [6, 6.07) is 12.0. The minimum Gasteiger partial charge on any atom is -0.427 e. The van der Waals surface area contributed by atoms with Gasteiger partial charge < -0.3 is 19.7 Å². The van der Waals surface area contributed by atoms with Gasteiger partial charge in [0.1, 0.15) is 22.7 Å². The van der Waals surface area contributed by atoms with Crippen LogP contribution in [-0.2, 0) is 22.4 Å². The molecule has 6 heteroatoms. The average molecular weight is 675 g/mol. The fraction of sp³-hybridized carbons (Fsp3) is 0.591. The fourth-order valence-electron chi connectivity index (χ4n) is 12.3. The smallest absolute Gasteiger partial charge is 0.311 e. The zero-order chi connectivity index (χ0) is 35.1. The zero-order valence-corrected chi connectivity index (χ0v) is 29.5. The number of fused-ring (bicyclic) bond motifs is 10. The number of rotatable bonds is 5. The van der Waals surface area contributed by atoms with Gasteiger partial charge in [0.05, 0.1) is 12.8 Å². The van der Waals surface area contributed by atoms with Crippen LogP contribution in [-0.4, -0.2) is 33.4 Å². The molecule has 0 spiro atoms. The lowest BCUT2D eigenvalue weighted by Crippen LogP contribution is -2.50. The normalized spacial score (nSPS) is 39.2. The number of esters is 2. The minimum atomic E-state index is -1.01. The molecule has 8 rings (SSSR count). The van der Waals surface area contributed by atoms with E-state index < -0.39 is 23.1 Å². The van der Waals surface area contributed by atoms with Gasteiger partial charge in [0.15, 0.2) is 0 Å². The fourth-order valence-corrected chi connectivity index (χ4v) is 12.3. The van der Waals surface area contributed by atoms with E-state index in [9.17, 15) is 19.8 Å². The van der Waals surface area contributed by atoms with Crippen molar-refractivity contribution in [3.63, 3.8) is 0 Å². The quantitative estimate of drug-likeness (QED) is 0.195. The van der Waals surface area contributed by atoms with Crippen molar-refractivity contribution in [2.45, 2.75) is 127 Å². The highest BCUT2D eigenvalue weighted by Gasteiger charge is 2.62. The lowest BCUT2D eigenvalue weighted by atomic mass is 9.53. The molecule has 6 aliphatic rings. The van der Waals surface area contributed by atoms with Crippen molar-refractivity contribution >= 4 is 11.9 Å². The third-order valence-corrected chi connectivity index (χ3v) is 15.2. The highest BCUT2D eigenvalue weighted by Crippen LogP contribution is 2.65. The largest absolute Gasteiger partial charge is 0.427 e. The molecule has 4 fully saturated rings. The highest BCUT2D eigenvalue weighted by molar-refractivity contribution is 5.80. The second-order valence-corrected chi connectivity index (χ2v) is 17.0. The molecule has 2 N–H and O–H groups in total. The average Bonchev–Trinajstić information content (AvgIpc) is 3.55. The lowest BCUT2D eigenvalue weighted by molar-refractivity contribution is -0.140. The summed E-state index contributed by atoms with van der Waals surface area (Å²) in [5.74, 6) is 8.33. The molecule has 2 aromatic rings. The molecular formula is C44H50O6. The Bertz CT molecular complexity index is 1680. The Hall–Kier alpha value is -3.58. The maximum absolute atomic E-state index is 12.8. The SMILES string of the molecule is C#CC1(O)CCC2C3CCc4cc(OC(=O)CCC(=O)Oc5ccc6c(c5)CCC5C6CCC6(C)C5CCC6(O)C#C)ccc4C3CCC21C. The van der Waals surface area contributed by atoms with Crippen LogP contribution < -0.4 is 9.47 Å². The highest BCUT2D eigenvalue weighted by atomic mass is 16.5. The van der Waals surface area contributed by atoms with Crippen molar-refractivity contribution in [1.29, 1.82) is 0 Å². The summed E-state index contributed by atoms with van der Waals surface area (Å²) >= 11 is 0. The van der Waals surface area contributed by atoms with Crippen molar-refractivity contribution in [2.75, 3.05) is 0 Å². The summed E-state index contributed by atoms with van der Waals surface area (Å²) in [4.78, 5) is 25.6. The Labute approximate surface area is 296 Å². The number of benzene rings is 2. The topological polar surface area (TPSA) is 93.1 Å². The standard InChI is InChI=1S/C44H50O6/c1-5-43(47)23-19-37-35-11-7-27-25-29(9-13-31(27)33(35)17-21-41(37,43)3)49-39(45)15-16-40(46)50-30-10-14-32-28(26-30)8-12-36-34(32)18-22-42(4)38(36)20-24-44(42,48)6-2/h1-2,9-10,13-14,25-26,33-38,47-48H,7-8,11-12,15-24H2,3-4H3. The molecule has 50 heavy (non-hydrogen) atoms.